The molecule has 2 aliphatic heterocycles. The number of fused-ring (bicyclic) bond motifs is 2. The van der Waals surface area contributed by atoms with Gasteiger partial charge in [-0.2, -0.15) is 0 Å². The standard InChI is InChI=1S/C23H24F2N2O2/c1-3-8-26-9-6-23(7-10-26)15-27(21-5-4-19(29-2)14-20(21)23)22(28)16-11-17(24)13-18(25)12-16/h3-5,11-14H,1,6-10,15H2,2H3. The highest BCUT2D eigenvalue weighted by molar-refractivity contribution is 6.07. The van der Waals surface area contributed by atoms with Gasteiger partial charge in [-0.25, -0.2) is 8.78 Å². The number of carbonyl (C=O) groups excluding carboxylic acids is 1. The van der Waals surface area contributed by atoms with Crippen molar-refractivity contribution in [3.63, 3.8) is 0 Å². The second-order valence-corrected chi connectivity index (χ2v) is 7.80. The van der Waals surface area contributed by atoms with Crippen molar-refractivity contribution in [2.24, 2.45) is 0 Å². The molecule has 29 heavy (non-hydrogen) atoms. The Morgan fingerprint density at radius 1 is 1.17 bits per heavy atom. The molecule has 1 spiro atoms. The maximum absolute atomic E-state index is 13.7. The first kappa shape index (κ1) is 19.6. The van der Waals surface area contributed by atoms with E-state index in [0.29, 0.717) is 6.54 Å². The quantitative estimate of drug-likeness (QED) is 0.726. The number of nitrogens with zero attached hydrogens (tertiary/aromatic N) is 2. The number of piperidine rings is 1. The van der Waals surface area contributed by atoms with Gasteiger partial charge < -0.3 is 9.64 Å². The first-order chi connectivity index (χ1) is 14.0. The SMILES string of the molecule is C=CCN1CCC2(CC1)CN(C(=O)c1cc(F)cc(F)c1)c1ccc(OC)cc12. The lowest BCUT2D eigenvalue weighted by Gasteiger charge is -2.39. The van der Waals surface area contributed by atoms with Crippen LogP contribution in [0.1, 0.15) is 28.8 Å². The summed E-state index contributed by atoms with van der Waals surface area (Å²) in [4.78, 5) is 17.2. The highest BCUT2D eigenvalue weighted by atomic mass is 19.1. The fraction of sp³-hybridized carbons (Fsp3) is 0.348. The molecule has 2 aromatic carbocycles. The molecule has 0 radical (unpaired) electrons. The van der Waals surface area contributed by atoms with E-state index in [1.807, 2.05) is 24.3 Å². The number of hydrogen-bond acceptors (Lipinski definition) is 3. The largest absolute Gasteiger partial charge is 0.497 e. The van der Waals surface area contributed by atoms with Crippen molar-refractivity contribution in [3.8, 4) is 5.75 Å². The molecule has 2 heterocycles. The minimum Gasteiger partial charge on any atom is -0.497 e. The van der Waals surface area contributed by atoms with Crippen LogP contribution in [0, 0.1) is 11.6 Å². The minimum absolute atomic E-state index is 0.0189. The molecule has 1 amide bonds. The number of carbonyl (C=O) groups is 1. The second-order valence-electron chi connectivity index (χ2n) is 7.80. The molecule has 0 atom stereocenters. The van der Waals surface area contributed by atoms with E-state index in [1.165, 1.54) is 0 Å². The van der Waals surface area contributed by atoms with E-state index >= 15 is 0 Å². The summed E-state index contributed by atoms with van der Waals surface area (Å²) in [6.45, 7) is 6.95. The Hall–Kier alpha value is -2.73. The van der Waals surface area contributed by atoms with Crippen LogP contribution in [0.4, 0.5) is 14.5 Å². The Labute approximate surface area is 169 Å². The summed E-state index contributed by atoms with van der Waals surface area (Å²) < 4.78 is 32.8. The van der Waals surface area contributed by atoms with Gasteiger partial charge in [0.15, 0.2) is 0 Å². The molecular formula is C23H24F2N2O2. The molecule has 1 saturated heterocycles. The fourth-order valence-corrected chi connectivity index (χ4v) is 4.56. The summed E-state index contributed by atoms with van der Waals surface area (Å²) >= 11 is 0. The van der Waals surface area contributed by atoms with Gasteiger partial charge in [0.2, 0.25) is 0 Å². The van der Waals surface area contributed by atoms with Crippen molar-refractivity contribution in [3.05, 3.63) is 71.8 Å². The maximum atomic E-state index is 13.7. The average Bonchev–Trinajstić information content (AvgIpc) is 3.02. The summed E-state index contributed by atoms with van der Waals surface area (Å²) in [5, 5.41) is 0. The highest BCUT2D eigenvalue weighted by Crippen LogP contribution is 2.48. The summed E-state index contributed by atoms with van der Waals surface area (Å²) in [5.74, 6) is -1.16. The third-order valence-electron chi connectivity index (χ3n) is 6.08. The molecule has 4 nitrogen and oxygen atoms in total. The number of methoxy groups -OCH3 is 1. The molecule has 1 fully saturated rings. The lowest BCUT2D eigenvalue weighted by atomic mass is 9.74. The van der Waals surface area contributed by atoms with Crippen molar-refractivity contribution in [2.75, 3.05) is 38.2 Å². The summed E-state index contributed by atoms with van der Waals surface area (Å²) in [7, 11) is 1.62. The first-order valence-electron chi connectivity index (χ1n) is 9.75. The molecule has 0 aromatic heterocycles. The number of rotatable bonds is 4. The van der Waals surface area contributed by atoms with Crippen molar-refractivity contribution in [1.82, 2.24) is 4.90 Å². The molecule has 0 saturated carbocycles. The van der Waals surface area contributed by atoms with Crippen LogP contribution in [-0.4, -0.2) is 44.1 Å². The number of likely N-dealkylation sites (tertiary alicyclic amines) is 1. The number of anilines is 1. The number of ether oxygens (including phenoxy) is 1. The van der Waals surface area contributed by atoms with Gasteiger partial charge in [0, 0.05) is 35.8 Å². The van der Waals surface area contributed by atoms with Crippen molar-refractivity contribution >= 4 is 11.6 Å². The van der Waals surface area contributed by atoms with E-state index in [0.717, 1.165) is 67.7 Å². The topological polar surface area (TPSA) is 32.8 Å². The molecule has 4 rings (SSSR count). The van der Waals surface area contributed by atoms with E-state index < -0.39 is 11.6 Å². The van der Waals surface area contributed by atoms with Crippen LogP contribution in [0.2, 0.25) is 0 Å². The van der Waals surface area contributed by atoms with Crippen molar-refractivity contribution in [1.29, 1.82) is 0 Å². The van der Waals surface area contributed by atoms with Gasteiger partial charge in [-0.1, -0.05) is 6.08 Å². The normalized spacial score (nSPS) is 18.0. The summed E-state index contributed by atoms with van der Waals surface area (Å²) in [5.41, 5.74) is 1.69. The third kappa shape index (κ3) is 3.53. The summed E-state index contributed by atoms with van der Waals surface area (Å²) in [6, 6.07) is 8.64. The smallest absolute Gasteiger partial charge is 0.258 e. The van der Waals surface area contributed by atoms with E-state index in [4.69, 9.17) is 4.74 Å². The van der Waals surface area contributed by atoms with Crippen LogP contribution in [0.15, 0.2) is 49.1 Å². The van der Waals surface area contributed by atoms with Gasteiger partial charge in [0.1, 0.15) is 17.4 Å². The van der Waals surface area contributed by atoms with Gasteiger partial charge >= 0.3 is 0 Å². The monoisotopic (exact) mass is 398 g/mol. The van der Waals surface area contributed by atoms with Gasteiger partial charge in [-0.3, -0.25) is 9.69 Å². The zero-order valence-electron chi connectivity index (χ0n) is 16.5. The molecule has 2 aromatic rings. The fourth-order valence-electron chi connectivity index (χ4n) is 4.56. The minimum atomic E-state index is -0.755. The van der Waals surface area contributed by atoms with Gasteiger partial charge in [-0.15, -0.1) is 6.58 Å². The zero-order valence-corrected chi connectivity index (χ0v) is 16.5. The third-order valence-corrected chi connectivity index (χ3v) is 6.08. The van der Waals surface area contributed by atoms with Crippen LogP contribution in [0.5, 0.6) is 5.75 Å². The second kappa shape index (κ2) is 7.59. The van der Waals surface area contributed by atoms with E-state index in [-0.39, 0.29) is 16.9 Å². The van der Waals surface area contributed by atoms with Crippen LogP contribution in [-0.2, 0) is 5.41 Å². The molecule has 0 bridgehead atoms. The predicted molar refractivity (Wildman–Crippen MR) is 109 cm³/mol. The number of halogens is 2. The Kier molecular flexibility index (Phi) is 5.13. The zero-order chi connectivity index (χ0) is 20.6. The van der Waals surface area contributed by atoms with Crippen molar-refractivity contribution in [2.45, 2.75) is 18.3 Å². The van der Waals surface area contributed by atoms with E-state index in [9.17, 15) is 13.6 Å². The molecule has 0 unspecified atom stereocenters. The number of amides is 1. The Morgan fingerprint density at radius 3 is 2.48 bits per heavy atom. The Bertz CT molecular complexity index is 932. The lowest BCUT2D eigenvalue weighted by molar-refractivity contribution is 0.0977. The molecule has 2 aliphatic rings. The number of benzene rings is 2. The highest BCUT2D eigenvalue weighted by Gasteiger charge is 2.46. The van der Waals surface area contributed by atoms with Crippen LogP contribution in [0.3, 0.4) is 0 Å². The molecular weight excluding hydrogens is 374 g/mol. The molecule has 6 heteroatoms. The van der Waals surface area contributed by atoms with Gasteiger partial charge in [0.05, 0.1) is 7.11 Å². The van der Waals surface area contributed by atoms with Crippen LogP contribution in [0.25, 0.3) is 0 Å². The Balaban J connectivity index is 1.71. The lowest BCUT2D eigenvalue weighted by Crippen LogP contribution is -2.46. The van der Waals surface area contributed by atoms with Gasteiger partial charge in [-0.05, 0) is 61.8 Å². The average molecular weight is 398 g/mol. The molecule has 152 valence electrons. The van der Waals surface area contributed by atoms with Gasteiger partial charge in [0.25, 0.3) is 5.91 Å². The predicted octanol–water partition coefficient (Wildman–Crippen LogP) is 4.15. The first-order valence-corrected chi connectivity index (χ1v) is 9.75. The van der Waals surface area contributed by atoms with Crippen molar-refractivity contribution < 1.29 is 18.3 Å². The molecule has 0 aliphatic carbocycles. The summed E-state index contributed by atoms with van der Waals surface area (Å²) in [6.07, 6.45) is 3.68. The maximum Gasteiger partial charge on any atom is 0.258 e. The van der Waals surface area contributed by atoms with Crippen LogP contribution < -0.4 is 9.64 Å². The Morgan fingerprint density at radius 2 is 1.86 bits per heavy atom. The number of hydrogen-bond donors (Lipinski definition) is 0. The van der Waals surface area contributed by atoms with E-state index in [2.05, 4.69) is 11.5 Å². The van der Waals surface area contributed by atoms with Crippen LogP contribution >= 0.6 is 0 Å². The van der Waals surface area contributed by atoms with E-state index in [1.54, 1.807) is 12.0 Å². The molecule has 0 N–H and O–H groups in total.